The summed E-state index contributed by atoms with van der Waals surface area (Å²) in [7, 11) is 0. The quantitative estimate of drug-likeness (QED) is 0.0497. The molecule has 3 amide bonds. The van der Waals surface area contributed by atoms with Crippen molar-refractivity contribution in [2.75, 3.05) is 19.6 Å². The number of rotatable bonds is 19. The summed E-state index contributed by atoms with van der Waals surface area (Å²) in [5, 5.41) is 17.2. The summed E-state index contributed by atoms with van der Waals surface area (Å²) >= 11 is 0. The zero-order valence-electron chi connectivity index (χ0n) is 20.5. The van der Waals surface area contributed by atoms with Crippen LogP contribution in [-0.4, -0.2) is 78.6 Å². The Morgan fingerprint density at radius 2 is 1.17 bits per heavy atom. The molecule has 0 aliphatic heterocycles. The summed E-state index contributed by atoms with van der Waals surface area (Å²) in [6, 6.07) is -3.94. The maximum absolute atomic E-state index is 13.0. The third-order valence-electron chi connectivity index (χ3n) is 5.13. The second-order valence-electron chi connectivity index (χ2n) is 8.33. The lowest BCUT2D eigenvalue weighted by molar-refractivity contribution is -0.142. The lowest BCUT2D eigenvalue weighted by atomic mass is 10.0. The average Bonchev–Trinajstić information content (AvgIpc) is 2.79. The van der Waals surface area contributed by atoms with Gasteiger partial charge in [0.15, 0.2) is 5.96 Å². The molecule has 14 N–H and O–H groups in total. The number of carboxylic acid groups (broad SMARTS) is 1. The van der Waals surface area contributed by atoms with Crippen LogP contribution in [0.2, 0.25) is 0 Å². The number of nitrogens with zero attached hydrogens (tertiary/aromatic N) is 1. The van der Waals surface area contributed by atoms with Crippen molar-refractivity contribution in [3.05, 3.63) is 0 Å². The summed E-state index contributed by atoms with van der Waals surface area (Å²) < 4.78 is 0. The molecule has 4 unspecified atom stereocenters. The SMILES string of the molecule is CC(N)C(=O)NC(CCCCN)C(=O)NC(CCCCN)C(=O)NC(CCCN=C(N)N)C(=O)O. The van der Waals surface area contributed by atoms with Crippen LogP contribution in [0.3, 0.4) is 0 Å². The van der Waals surface area contributed by atoms with Gasteiger partial charge in [-0.25, -0.2) is 4.79 Å². The highest BCUT2D eigenvalue weighted by Crippen LogP contribution is 2.07. The first-order valence-corrected chi connectivity index (χ1v) is 11.9. The van der Waals surface area contributed by atoms with Crippen molar-refractivity contribution in [2.45, 2.75) is 82.5 Å². The van der Waals surface area contributed by atoms with Crippen LogP contribution >= 0.6 is 0 Å². The van der Waals surface area contributed by atoms with E-state index in [1.54, 1.807) is 0 Å². The smallest absolute Gasteiger partial charge is 0.326 e. The minimum atomic E-state index is -1.22. The number of hydrogen-bond acceptors (Lipinski definition) is 8. The fourth-order valence-electron chi connectivity index (χ4n) is 3.13. The third kappa shape index (κ3) is 14.8. The van der Waals surface area contributed by atoms with Crippen molar-refractivity contribution < 1.29 is 24.3 Å². The molecule has 0 saturated carbocycles. The number of carbonyl (C=O) groups is 4. The molecule has 4 atom stereocenters. The molecule has 0 fully saturated rings. The molecule has 0 aromatic heterocycles. The molecule has 0 aliphatic rings. The first-order valence-electron chi connectivity index (χ1n) is 11.9. The zero-order valence-corrected chi connectivity index (χ0v) is 20.5. The number of unbranched alkanes of at least 4 members (excludes halogenated alkanes) is 2. The van der Waals surface area contributed by atoms with E-state index in [1.165, 1.54) is 6.92 Å². The number of aliphatic carboxylic acids is 1. The standard InChI is InChI=1S/C21H43N9O5/c1-13(24)17(31)28-14(7-2-4-10-22)18(32)29-15(8-3-5-11-23)19(33)30-16(20(34)35)9-6-12-27-21(25)26/h13-16H,2-12,22-24H2,1H3,(H,28,31)(H,29,32)(H,30,33)(H,34,35)(H4,25,26,27). The molecule has 0 bridgehead atoms. The number of aliphatic imine (C=N–C) groups is 1. The molecular formula is C21H43N9O5. The highest BCUT2D eigenvalue weighted by molar-refractivity contribution is 5.94. The molecule has 0 aromatic carbocycles. The average molecular weight is 502 g/mol. The van der Waals surface area contributed by atoms with Crippen LogP contribution in [0.15, 0.2) is 4.99 Å². The van der Waals surface area contributed by atoms with Gasteiger partial charge >= 0.3 is 5.97 Å². The fourth-order valence-corrected chi connectivity index (χ4v) is 3.13. The molecule has 0 radical (unpaired) electrons. The number of amides is 3. The minimum Gasteiger partial charge on any atom is -0.480 e. The van der Waals surface area contributed by atoms with Crippen LogP contribution in [-0.2, 0) is 19.2 Å². The summed E-state index contributed by atoms with van der Waals surface area (Å²) in [5.74, 6) is -3.05. The zero-order chi connectivity index (χ0) is 26.8. The van der Waals surface area contributed by atoms with Gasteiger partial charge in [0.2, 0.25) is 17.7 Å². The summed E-state index contributed by atoms with van der Waals surface area (Å²) in [6.07, 6.45) is 3.34. The van der Waals surface area contributed by atoms with Crippen LogP contribution in [0.4, 0.5) is 0 Å². The lowest BCUT2D eigenvalue weighted by Crippen LogP contribution is -2.56. The van der Waals surface area contributed by atoms with Gasteiger partial charge < -0.3 is 49.7 Å². The fraction of sp³-hybridized carbons (Fsp3) is 0.762. The molecule has 0 spiro atoms. The van der Waals surface area contributed by atoms with E-state index in [2.05, 4.69) is 20.9 Å². The Morgan fingerprint density at radius 1 is 0.743 bits per heavy atom. The van der Waals surface area contributed by atoms with E-state index in [1.807, 2.05) is 0 Å². The van der Waals surface area contributed by atoms with E-state index in [-0.39, 0.29) is 25.3 Å². The van der Waals surface area contributed by atoms with Crippen molar-refractivity contribution in [2.24, 2.45) is 33.7 Å². The number of nitrogens with one attached hydrogen (secondary N) is 3. The maximum Gasteiger partial charge on any atom is 0.326 e. The molecule has 202 valence electrons. The van der Waals surface area contributed by atoms with Crippen molar-refractivity contribution in [3.63, 3.8) is 0 Å². The molecule has 0 aliphatic carbocycles. The Balaban J connectivity index is 5.39. The van der Waals surface area contributed by atoms with E-state index in [9.17, 15) is 24.3 Å². The number of nitrogens with two attached hydrogens (primary N) is 5. The monoisotopic (exact) mass is 501 g/mol. The first-order chi connectivity index (χ1) is 16.5. The van der Waals surface area contributed by atoms with Crippen molar-refractivity contribution in [1.29, 1.82) is 0 Å². The third-order valence-corrected chi connectivity index (χ3v) is 5.13. The Kier molecular flexibility index (Phi) is 16.8. The van der Waals surface area contributed by atoms with Gasteiger partial charge in [-0.15, -0.1) is 0 Å². The van der Waals surface area contributed by atoms with Crippen LogP contribution in [0.1, 0.15) is 58.3 Å². The Labute approximate surface area is 206 Å². The highest BCUT2D eigenvalue weighted by atomic mass is 16.4. The Morgan fingerprint density at radius 3 is 1.57 bits per heavy atom. The van der Waals surface area contributed by atoms with Crippen molar-refractivity contribution >= 4 is 29.7 Å². The van der Waals surface area contributed by atoms with E-state index < -0.39 is 47.9 Å². The van der Waals surface area contributed by atoms with E-state index in [4.69, 9.17) is 28.7 Å². The molecule has 35 heavy (non-hydrogen) atoms. The van der Waals surface area contributed by atoms with Crippen molar-refractivity contribution in [3.8, 4) is 0 Å². The van der Waals surface area contributed by atoms with Gasteiger partial charge in [-0.3, -0.25) is 19.4 Å². The lowest BCUT2D eigenvalue weighted by Gasteiger charge is -2.25. The molecule has 0 rings (SSSR count). The van der Waals surface area contributed by atoms with Gasteiger partial charge in [0, 0.05) is 6.54 Å². The first kappa shape index (κ1) is 32.0. The summed E-state index contributed by atoms with van der Waals surface area (Å²) in [4.78, 5) is 53.4. The number of guanidine groups is 1. The predicted molar refractivity (Wildman–Crippen MR) is 133 cm³/mol. The Hall–Kier alpha value is -2.97. The normalized spacial score (nSPS) is 14.2. The highest BCUT2D eigenvalue weighted by Gasteiger charge is 2.29. The summed E-state index contributed by atoms with van der Waals surface area (Å²) in [6.45, 7) is 2.53. The molecule has 14 nitrogen and oxygen atoms in total. The van der Waals surface area contributed by atoms with Gasteiger partial charge in [-0.2, -0.15) is 0 Å². The minimum absolute atomic E-state index is 0.0908. The maximum atomic E-state index is 13.0. The molecular weight excluding hydrogens is 458 g/mol. The second-order valence-corrected chi connectivity index (χ2v) is 8.33. The molecule has 0 heterocycles. The summed E-state index contributed by atoms with van der Waals surface area (Å²) in [5.41, 5.74) is 27.2. The Bertz CT molecular complexity index is 699. The van der Waals surface area contributed by atoms with Gasteiger partial charge in [-0.1, -0.05) is 0 Å². The number of hydrogen-bond donors (Lipinski definition) is 9. The number of carboxylic acids is 1. The number of carbonyl (C=O) groups excluding carboxylic acids is 3. The van der Waals surface area contributed by atoms with Crippen LogP contribution in [0, 0.1) is 0 Å². The topological polar surface area (TPSA) is 267 Å². The van der Waals surface area contributed by atoms with E-state index in [0.717, 1.165) is 0 Å². The van der Waals surface area contributed by atoms with Gasteiger partial charge in [-0.05, 0) is 71.4 Å². The predicted octanol–water partition coefficient (Wildman–Crippen LogP) is -2.82. The largest absolute Gasteiger partial charge is 0.480 e. The van der Waals surface area contributed by atoms with Gasteiger partial charge in [0.1, 0.15) is 18.1 Å². The second kappa shape index (κ2) is 18.4. The van der Waals surface area contributed by atoms with E-state index >= 15 is 0 Å². The van der Waals surface area contributed by atoms with Gasteiger partial charge in [0.05, 0.1) is 6.04 Å². The van der Waals surface area contributed by atoms with Gasteiger partial charge in [0.25, 0.3) is 0 Å². The van der Waals surface area contributed by atoms with Crippen LogP contribution in [0.25, 0.3) is 0 Å². The van der Waals surface area contributed by atoms with Crippen molar-refractivity contribution in [1.82, 2.24) is 16.0 Å². The van der Waals surface area contributed by atoms with Crippen LogP contribution < -0.4 is 44.6 Å². The molecule has 0 aromatic rings. The van der Waals surface area contributed by atoms with Crippen LogP contribution in [0.5, 0.6) is 0 Å². The molecule has 0 saturated heterocycles. The molecule has 14 heteroatoms. The van der Waals surface area contributed by atoms with E-state index in [0.29, 0.717) is 51.6 Å².